The maximum atomic E-state index is 2.28. The summed E-state index contributed by atoms with van der Waals surface area (Å²) in [6, 6.07) is 15.2. The summed E-state index contributed by atoms with van der Waals surface area (Å²) in [5.41, 5.74) is 2.79. The molecule has 0 aliphatic rings. The monoisotopic (exact) mass is 226 g/mol. The van der Waals surface area contributed by atoms with Gasteiger partial charge in [-0.05, 0) is 17.9 Å². The molecule has 0 saturated carbocycles. The second kappa shape index (κ2) is 5.62. The van der Waals surface area contributed by atoms with Crippen molar-refractivity contribution in [3.63, 3.8) is 0 Å². The van der Waals surface area contributed by atoms with E-state index in [1.165, 1.54) is 17.5 Å². The standard InChI is InChI=1S/C16H20N/c1-3-14(2)16-9-7-15(8-10-16)13-17-11-5-4-6-12-17/h4-12,14H,3,13H2,1-2H3/q+1. The first-order valence-corrected chi connectivity index (χ1v) is 6.32. The minimum atomic E-state index is 0.661. The Bertz CT molecular complexity index is 445. The zero-order valence-corrected chi connectivity index (χ0v) is 10.6. The van der Waals surface area contributed by atoms with E-state index in [9.17, 15) is 0 Å². The lowest BCUT2D eigenvalue weighted by Crippen LogP contribution is -2.32. The third-order valence-electron chi connectivity index (χ3n) is 3.30. The Labute approximate surface area is 104 Å². The van der Waals surface area contributed by atoms with E-state index in [4.69, 9.17) is 0 Å². The highest BCUT2D eigenvalue weighted by atomic mass is 14.9. The van der Waals surface area contributed by atoms with Crippen LogP contribution < -0.4 is 4.57 Å². The molecular formula is C16H20N+. The Kier molecular flexibility index (Phi) is 3.92. The number of hydrogen-bond acceptors (Lipinski definition) is 0. The van der Waals surface area contributed by atoms with Crippen LogP contribution in [0.2, 0.25) is 0 Å². The maximum absolute atomic E-state index is 2.28. The number of aromatic nitrogens is 1. The molecule has 0 bridgehead atoms. The van der Waals surface area contributed by atoms with Crippen molar-refractivity contribution in [2.45, 2.75) is 32.7 Å². The molecule has 0 amide bonds. The van der Waals surface area contributed by atoms with Gasteiger partial charge in [0, 0.05) is 17.7 Å². The topological polar surface area (TPSA) is 3.88 Å². The van der Waals surface area contributed by atoms with Gasteiger partial charge in [0.15, 0.2) is 18.9 Å². The molecule has 1 heterocycles. The van der Waals surface area contributed by atoms with Crippen molar-refractivity contribution < 1.29 is 4.57 Å². The van der Waals surface area contributed by atoms with Gasteiger partial charge in [0.2, 0.25) is 0 Å². The lowest BCUT2D eigenvalue weighted by atomic mass is 9.98. The lowest BCUT2D eigenvalue weighted by Gasteiger charge is -2.08. The van der Waals surface area contributed by atoms with Crippen LogP contribution in [0.25, 0.3) is 0 Å². The van der Waals surface area contributed by atoms with Gasteiger partial charge in [-0.25, -0.2) is 4.57 Å². The van der Waals surface area contributed by atoms with E-state index in [1.807, 2.05) is 6.07 Å². The summed E-state index contributed by atoms with van der Waals surface area (Å²) in [5, 5.41) is 0. The molecule has 0 radical (unpaired) electrons. The van der Waals surface area contributed by atoms with Crippen molar-refractivity contribution in [1.82, 2.24) is 0 Å². The van der Waals surface area contributed by atoms with Crippen molar-refractivity contribution in [3.8, 4) is 0 Å². The molecule has 1 aromatic heterocycles. The van der Waals surface area contributed by atoms with Crippen LogP contribution in [-0.4, -0.2) is 0 Å². The smallest absolute Gasteiger partial charge is 0.173 e. The summed E-state index contributed by atoms with van der Waals surface area (Å²) in [6.45, 7) is 5.46. The molecule has 88 valence electrons. The molecular weight excluding hydrogens is 206 g/mol. The normalized spacial score (nSPS) is 12.4. The molecule has 0 aliphatic heterocycles. The van der Waals surface area contributed by atoms with Gasteiger partial charge in [-0.15, -0.1) is 0 Å². The number of rotatable bonds is 4. The first-order chi connectivity index (χ1) is 8.29. The van der Waals surface area contributed by atoms with Crippen LogP contribution in [-0.2, 0) is 6.54 Å². The molecule has 1 unspecified atom stereocenters. The van der Waals surface area contributed by atoms with E-state index < -0.39 is 0 Å². The Hall–Kier alpha value is -1.63. The van der Waals surface area contributed by atoms with Gasteiger partial charge in [-0.2, -0.15) is 0 Å². The highest BCUT2D eigenvalue weighted by Gasteiger charge is 2.04. The quantitative estimate of drug-likeness (QED) is 0.702. The Morgan fingerprint density at radius 3 is 2.24 bits per heavy atom. The third-order valence-corrected chi connectivity index (χ3v) is 3.30. The second-order valence-electron chi connectivity index (χ2n) is 4.60. The van der Waals surface area contributed by atoms with Crippen LogP contribution in [0.5, 0.6) is 0 Å². The predicted octanol–water partition coefficient (Wildman–Crippen LogP) is 3.54. The van der Waals surface area contributed by atoms with Crippen LogP contribution >= 0.6 is 0 Å². The van der Waals surface area contributed by atoms with Gasteiger partial charge in [0.25, 0.3) is 0 Å². The SMILES string of the molecule is CCC(C)c1ccc(C[n+]2ccccc2)cc1. The van der Waals surface area contributed by atoms with E-state index in [0.717, 1.165) is 6.54 Å². The van der Waals surface area contributed by atoms with E-state index in [1.54, 1.807) is 0 Å². The van der Waals surface area contributed by atoms with E-state index >= 15 is 0 Å². The second-order valence-corrected chi connectivity index (χ2v) is 4.60. The van der Waals surface area contributed by atoms with Crippen LogP contribution in [0.1, 0.15) is 37.3 Å². The maximum Gasteiger partial charge on any atom is 0.173 e. The molecule has 1 heteroatoms. The van der Waals surface area contributed by atoms with E-state index in [0.29, 0.717) is 5.92 Å². The summed E-state index contributed by atoms with van der Waals surface area (Å²) in [7, 11) is 0. The number of hydrogen-bond donors (Lipinski definition) is 0. The molecule has 1 nitrogen and oxygen atoms in total. The largest absolute Gasteiger partial charge is 0.201 e. The minimum Gasteiger partial charge on any atom is -0.201 e. The van der Waals surface area contributed by atoms with Crippen molar-refractivity contribution in [3.05, 3.63) is 66.0 Å². The molecule has 17 heavy (non-hydrogen) atoms. The average molecular weight is 226 g/mol. The van der Waals surface area contributed by atoms with Crippen molar-refractivity contribution in [2.24, 2.45) is 0 Å². The highest BCUT2D eigenvalue weighted by molar-refractivity contribution is 5.24. The van der Waals surface area contributed by atoms with Crippen LogP contribution in [0.15, 0.2) is 54.9 Å². The van der Waals surface area contributed by atoms with Gasteiger partial charge in [0.05, 0.1) is 0 Å². The minimum absolute atomic E-state index is 0.661. The van der Waals surface area contributed by atoms with E-state index in [-0.39, 0.29) is 0 Å². The molecule has 0 fully saturated rings. The first kappa shape index (κ1) is 11.8. The van der Waals surface area contributed by atoms with Gasteiger partial charge < -0.3 is 0 Å². The molecule has 2 rings (SSSR count). The molecule has 1 aromatic carbocycles. The van der Waals surface area contributed by atoms with Crippen molar-refractivity contribution >= 4 is 0 Å². The van der Waals surface area contributed by atoms with Gasteiger partial charge in [-0.1, -0.05) is 44.2 Å². The first-order valence-electron chi connectivity index (χ1n) is 6.32. The third kappa shape index (κ3) is 3.16. The Morgan fingerprint density at radius 2 is 1.65 bits per heavy atom. The number of pyridine rings is 1. The highest BCUT2D eigenvalue weighted by Crippen LogP contribution is 2.18. The Balaban J connectivity index is 2.08. The Morgan fingerprint density at radius 1 is 1.00 bits per heavy atom. The molecule has 0 N–H and O–H groups in total. The summed E-state index contributed by atoms with van der Waals surface area (Å²) < 4.78 is 2.19. The lowest BCUT2D eigenvalue weighted by molar-refractivity contribution is -0.688. The molecule has 0 saturated heterocycles. The summed E-state index contributed by atoms with van der Waals surface area (Å²) >= 11 is 0. The van der Waals surface area contributed by atoms with Crippen LogP contribution in [0.3, 0.4) is 0 Å². The van der Waals surface area contributed by atoms with Crippen molar-refractivity contribution in [2.75, 3.05) is 0 Å². The summed E-state index contributed by atoms with van der Waals surface area (Å²) in [4.78, 5) is 0. The molecule has 2 aromatic rings. The zero-order valence-electron chi connectivity index (χ0n) is 10.6. The predicted molar refractivity (Wildman–Crippen MR) is 70.9 cm³/mol. The number of nitrogens with zero attached hydrogens (tertiary/aromatic N) is 1. The van der Waals surface area contributed by atoms with Gasteiger partial charge in [0.1, 0.15) is 0 Å². The van der Waals surface area contributed by atoms with Gasteiger partial charge in [-0.3, -0.25) is 0 Å². The fourth-order valence-electron chi connectivity index (χ4n) is 1.94. The summed E-state index contributed by atoms with van der Waals surface area (Å²) in [5.74, 6) is 0.661. The molecule has 1 atom stereocenters. The zero-order chi connectivity index (χ0) is 12.1. The van der Waals surface area contributed by atoms with Crippen LogP contribution in [0.4, 0.5) is 0 Å². The number of benzene rings is 1. The average Bonchev–Trinajstić information content (AvgIpc) is 2.40. The van der Waals surface area contributed by atoms with Crippen molar-refractivity contribution in [1.29, 1.82) is 0 Å². The fraction of sp³-hybridized carbons (Fsp3) is 0.312. The fourth-order valence-corrected chi connectivity index (χ4v) is 1.94. The molecule has 0 aliphatic carbocycles. The van der Waals surface area contributed by atoms with Crippen LogP contribution in [0, 0.1) is 0 Å². The van der Waals surface area contributed by atoms with Gasteiger partial charge >= 0.3 is 0 Å². The molecule has 0 spiro atoms. The summed E-state index contributed by atoms with van der Waals surface area (Å²) in [6.07, 6.45) is 5.40. The van der Waals surface area contributed by atoms with E-state index in [2.05, 4.69) is 67.2 Å².